The van der Waals surface area contributed by atoms with E-state index in [0.29, 0.717) is 27.0 Å². The number of ether oxygens (including phenoxy) is 2. The second kappa shape index (κ2) is 8.64. The SMILES string of the molecule is COc1ccc(C=C2SC(=S)N(NC(=O)c3cccc(Cl)c3)C2=O)cc1OC. The number of carbonyl (C=O) groups is 2. The number of hydrazine groups is 1. The number of nitrogens with zero attached hydrogens (tertiary/aromatic N) is 1. The van der Waals surface area contributed by atoms with Crippen molar-refractivity contribution >= 4 is 57.8 Å². The maximum Gasteiger partial charge on any atom is 0.285 e. The number of hydrogen-bond acceptors (Lipinski definition) is 6. The highest BCUT2D eigenvalue weighted by atomic mass is 35.5. The fraction of sp³-hybridized carbons (Fsp3) is 0.105. The second-order valence-corrected chi connectivity index (χ2v) is 7.70. The van der Waals surface area contributed by atoms with Crippen molar-refractivity contribution in [2.45, 2.75) is 0 Å². The molecule has 1 aliphatic rings. The molecule has 1 fully saturated rings. The van der Waals surface area contributed by atoms with Gasteiger partial charge in [-0.15, -0.1) is 0 Å². The van der Waals surface area contributed by atoms with E-state index in [2.05, 4.69) is 5.43 Å². The average Bonchev–Trinajstić information content (AvgIpc) is 2.95. The largest absolute Gasteiger partial charge is 0.493 e. The molecule has 2 amide bonds. The lowest BCUT2D eigenvalue weighted by atomic mass is 10.2. The second-order valence-electron chi connectivity index (χ2n) is 5.58. The third kappa shape index (κ3) is 4.30. The topological polar surface area (TPSA) is 67.9 Å². The van der Waals surface area contributed by atoms with Crippen LogP contribution in [0.2, 0.25) is 5.02 Å². The Hall–Kier alpha value is -2.55. The van der Waals surface area contributed by atoms with Crippen LogP contribution in [0.3, 0.4) is 0 Å². The zero-order valence-corrected chi connectivity index (χ0v) is 17.3. The molecule has 0 saturated carbocycles. The highest BCUT2D eigenvalue weighted by Gasteiger charge is 2.33. The standard InChI is InChI=1S/C19H15ClN2O4S2/c1-25-14-7-6-11(8-15(14)26-2)9-16-18(24)22(19(27)28-16)21-17(23)12-4-3-5-13(20)10-12/h3-10H,1-2H3,(H,21,23). The molecular formula is C19H15ClN2O4S2. The Morgan fingerprint density at radius 3 is 2.61 bits per heavy atom. The molecule has 6 nitrogen and oxygen atoms in total. The number of benzene rings is 2. The molecule has 1 aliphatic heterocycles. The highest BCUT2D eigenvalue weighted by molar-refractivity contribution is 8.26. The molecule has 1 N–H and O–H groups in total. The number of thioether (sulfide) groups is 1. The van der Waals surface area contributed by atoms with Gasteiger partial charge < -0.3 is 9.47 Å². The summed E-state index contributed by atoms with van der Waals surface area (Å²) in [5.74, 6) is 0.230. The Labute approximate surface area is 176 Å². The fourth-order valence-electron chi connectivity index (χ4n) is 2.45. The van der Waals surface area contributed by atoms with Crippen LogP contribution in [0, 0.1) is 0 Å². The summed E-state index contributed by atoms with van der Waals surface area (Å²) in [6.45, 7) is 0. The number of hydrogen-bond donors (Lipinski definition) is 1. The molecular weight excluding hydrogens is 420 g/mol. The molecule has 0 radical (unpaired) electrons. The van der Waals surface area contributed by atoms with Crippen molar-refractivity contribution in [3.63, 3.8) is 0 Å². The molecule has 2 aromatic rings. The molecule has 0 aliphatic carbocycles. The van der Waals surface area contributed by atoms with Gasteiger partial charge in [-0.1, -0.05) is 35.5 Å². The Bertz CT molecular complexity index is 994. The van der Waals surface area contributed by atoms with E-state index in [1.54, 1.807) is 49.6 Å². The Morgan fingerprint density at radius 1 is 1.18 bits per heavy atom. The summed E-state index contributed by atoms with van der Waals surface area (Å²) in [5.41, 5.74) is 3.58. The zero-order chi connectivity index (χ0) is 20.3. The molecule has 1 heterocycles. The summed E-state index contributed by atoms with van der Waals surface area (Å²) < 4.78 is 10.7. The molecule has 28 heavy (non-hydrogen) atoms. The van der Waals surface area contributed by atoms with E-state index >= 15 is 0 Å². The monoisotopic (exact) mass is 434 g/mol. The van der Waals surface area contributed by atoms with Crippen molar-refractivity contribution in [1.29, 1.82) is 0 Å². The number of rotatable bonds is 5. The van der Waals surface area contributed by atoms with Gasteiger partial charge in [-0.25, -0.2) is 0 Å². The third-order valence-corrected chi connectivity index (χ3v) is 5.34. The van der Waals surface area contributed by atoms with Gasteiger partial charge in [0, 0.05) is 10.6 Å². The van der Waals surface area contributed by atoms with Crippen molar-refractivity contribution in [2.24, 2.45) is 0 Å². The van der Waals surface area contributed by atoms with E-state index in [1.165, 1.54) is 13.2 Å². The first-order chi connectivity index (χ1) is 13.4. The Morgan fingerprint density at radius 2 is 1.93 bits per heavy atom. The Balaban J connectivity index is 1.79. The van der Waals surface area contributed by atoms with Crippen molar-refractivity contribution in [3.8, 4) is 11.5 Å². The van der Waals surface area contributed by atoms with Crippen molar-refractivity contribution < 1.29 is 19.1 Å². The van der Waals surface area contributed by atoms with Crippen LogP contribution >= 0.6 is 35.6 Å². The Kier molecular flexibility index (Phi) is 6.23. The van der Waals surface area contributed by atoms with Crippen LogP contribution in [0.25, 0.3) is 6.08 Å². The van der Waals surface area contributed by atoms with Crippen LogP contribution in [0.1, 0.15) is 15.9 Å². The molecule has 0 unspecified atom stereocenters. The summed E-state index contributed by atoms with van der Waals surface area (Å²) >= 11 is 12.2. The van der Waals surface area contributed by atoms with Gasteiger partial charge in [0.15, 0.2) is 15.8 Å². The minimum absolute atomic E-state index is 0.229. The van der Waals surface area contributed by atoms with Crippen molar-refractivity contribution in [2.75, 3.05) is 14.2 Å². The van der Waals surface area contributed by atoms with Crippen LogP contribution in [-0.2, 0) is 4.79 Å². The van der Waals surface area contributed by atoms with Crippen LogP contribution in [-0.4, -0.2) is 35.4 Å². The lowest BCUT2D eigenvalue weighted by molar-refractivity contribution is -0.123. The quantitative estimate of drug-likeness (QED) is 0.568. The van der Waals surface area contributed by atoms with Gasteiger partial charge in [-0.2, -0.15) is 5.01 Å². The normalized spacial score (nSPS) is 15.1. The van der Waals surface area contributed by atoms with Crippen LogP contribution < -0.4 is 14.9 Å². The summed E-state index contributed by atoms with van der Waals surface area (Å²) in [4.78, 5) is 25.4. The number of carbonyl (C=O) groups excluding carboxylic acids is 2. The lowest BCUT2D eigenvalue weighted by Crippen LogP contribution is -2.44. The molecule has 1 saturated heterocycles. The first kappa shape index (κ1) is 20.2. The summed E-state index contributed by atoms with van der Waals surface area (Å²) in [6, 6.07) is 11.7. The average molecular weight is 435 g/mol. The maximum atomic E-state index is 12.7. The van der Waals surface area contributed by atoms with Gasteiger partial charge >= 0.3 is 0 Å². The third-order valence-electron chi connectivity index (χ3n) is 3.80. The van der Waals surface area contributed by atoms with E-state index in [9.17, 15) is 9.59 Å². The van der Waals surface area contributed by atoms with Gasteiger partial charge in [0.25, 0.3) is 11.8 Å². The van der Waals surface area contributed by atoms with Crippen molar-refractivity contribution in [1.82, 2.24) is 10.4 Å². The number of nitrogens with one attached hydrogen (secondary N) is 1. The molecule has 0 aromatic heterocycles. The molecule has 0 bridgehead atoms. The molecule has 9 heteroatoms. The van der Waals surface area contributed by atoms with Crippen LogP contribution in [0.5, 0.6) is 11.5 Å². The van der Waals surface area contributed by atoms with E-state index in [1.807, 2.05) is 0 Å². The molecule has 0 spiro atoms. The van der Waals surface area contributed by atoms with Crippen LogP contribution in [0.15, 0.2) is 47.4 Å². The predicted molar refractivity (Wildman–Crippen MR) is 113 cm³/mol. The minimum Gasteiger partial charge on any atom is -0.493 e. The number of amides is 2. The summed E-state index contributed by atoms with van der Waals surface area (Å²) in [5, 5.41) is 1.47. The summed E-state index contributed by atoms with van der Waals surface area (Å²) in [6.07, 6.45) is 1.67. The smallest absolute Gasteiger partial charge is 0.285 e. The van der Waals surface area contributed by atoms with E-state index in [0.717, 1.165) is 22.3 Å². The van der Waals surface area contributed by atoms with E-state index in [4.69, 9.17) is 33.3 Å². The first-order valence-corrected chi connectivity index (χ1v) is 9.59. The van der Waals surface area contributed by atoms with Crippen LogP contribution in [0.4, 0.5) is 0 Å². The van der Waals surface area contributed by atoms with Gasteiger partial charge in [-0.05, 0) is 54.2 Å². The van der Waals surface area contributed by atoms with E-state index < -0.39 is 11.8 Å². The highest BCUT2D eigenvalue weighted by Crippen LogP contribution is 2.34. The molecule has 0 atom stereocenters. The first-order valence-electron chi connectivity index (χ1n) is 7.99. The maximum absolute atomic E-state index is 12.7. The molecule has 2 aromatic carbocycles. The zero-order valence-electron chi connectivity index (χ0n) is 14.9. The predicted octanol–water partition coefficient (Wildman–Crippen LogP) is 3.90. The van der Waals surface area contributed by atoms with Gasteiger partial charge in [-0.3, -0.25) is 15.0 Å². The summed E-state index contributed by atoms with van der Waals surface area (Å²) in [7, 11) is 3.08. The molecule has 144 valence electrons. The number of methoxy groups -OCH3 is 2. The van der Waals surface area contributed by atoms with Gasteiger partial charge in [0.05, 0.1) is 19.1 Å². The fourth-order valence-corrected chi connectivity index (χ4v) is 3.82. The number of thiocarbonyl (C=S) groups is 1. The van der Waals surface area contributed by atoms with Gasteiger partial charge in [0.2, 0.25) is 0 Å². The van der Waals surface area contributed by atoms with E-state index in [-0.39, 0.29) is 4.32 Å². The van der Waals surface area contributed by atoms with Crippen molar-refractivity contribution in [3.05, 3.63) is 63.5 Å². The lowest BCUT2D eigenvalue weighted by Gasteiger charge is -2.15. The van der Waals surface area contributed by atoms with Gasteiger partial charge in [0.1, 0.15) is 0 Å². The minimum atomic E-state index is -0.480. The number of halogens is 1. The molecule has 3 rings (SSSR count).